The van der Waals surface area contributed by atoms with Gasteiger partial charge in [-0.25, -0.2) is 4.39 Å². The summed E-state index contributed by atoms with van der Waals surface area (Å²) >= 11 is 3.24. The molecule has 2 fully saturated rings. The highest BCUT2D eigenvalue weighted by Gasteiger charge is 2.38. The summed E-state index contributed by atoms with van der Waals surface area (Å²) < 4.78 is 14.7. The summed E-state index contributed by atoms with van der Waals surface area (Å²) in [7, 11) is 0. The molecule has 2 saturated carbocycles. The zero-order valence-electron chi connectivity index (χ0n) is 13.9. The highest BCUT2D eigenvalue weighted by atomic mass is 79.9. The first-order chi connectivity index (χ1) is 11.4. The van der Waals surface area contributed by atoms with E-state index < -0.39 is 5.82 Å². The monoisotopic (exact) mass is 398 g/mol. The van der Waals surface area contributed by atoms with Crippen molar-refractivity contribution in [2.75, 3.05) is 0 Å². The average molecular weight is 399 g/mol. The van der Waals surface area contributed by atoms with Crippen molar-refractivity contribution in [2.45, 2.75) is 64.0 Å². The number of halogens is 2. The van der Waals surface area contributed by atoms with Gasteiger partial charge in [-0.1, -0.05) is 35.2 Å². The summed E-state index contributed by atoms with van der Waals surface area (Å²) in [5, 5.41) is 0. The molecule has 1 aromatic rings. The van der Waals surface area contributed by atoms with E-state index >= 15 is 0 Å². The fourth-order valence-corrected chi connectivity index (χ4v) is 3.48. The van der Waals surface area contributed by atoms with Crippen molar-refractivity contribution in [2.24, 2.45) is 5.73 Å². The average Bonchev–Trinajstić information content (AvgIpc) is 3.32. The van der Waals surface area contributed by atoms with Gasteiger partial charge in [-0.3, -0.25) is 9.59 Å². The molecule has 0 aliphatic heterocycles. The van der Waals surface area contributed by atoms with Crippen molar-refractivity contribution in [1.29, 1.82) is 0 Å². The molecule has 0 saturated heterocycles. The number of hydrogen-bond acceptors (Lipinski definition) is 2. The molecule has 2 amide bonds. The smallest absolute Gasteiger partial charge is 0.257 e. The Kier molecular flexibility index (Phi) is 6.78. The molecule has 6 heteroatoms. The van der Waals surface area contributed by atoms with Crippen molar-refractivity contribution in [3.05, 3.63) is 34.1 Å². The molecule has 4 nitrogen and oxygen atoms in total. The third-order valence-corrected chi connectivity index (χ3v) is 4.80. The molecular formula is C18H24BrFN2O2. The highest BCUT2D eigenvalue weighted by molar-refractivity contribution is 9.10. The summed E-state index contributed by atoms with van der Waals surface area (Å²) in [5.41, 5.74) is 4.69. The quantitative estimate of drug-likeness (QED) is 0.835. The zero-order valence-corrected chi connectivity index (χ0v) is 15.5. The zero-order chi connectivity index (χ0) is 17.7. The van der Waals surface area contributed by atoms with Gasteiger partial charge in [0.15, 0.2) is 0 Å². The van der Waals surface area contributed by atoms with Crippen LogP contribution in [0.2, 0.25) is 0 Å². The first kappa shape index (κ1) is 18.9. The summed E-state index contributed by atoms with van der Waals surface area (Å²) in [6, 6.07) is 5.36. The molecule has 24 heavy (non-hydrogen) atoms. The van der Waals surface area contributed by atoms with Crippen molar-refractivity contribution >= 4 is 27.7 Å². The van der Waals surface area contributed by atoms with Gasteiger partial charge < -0.3 is 10.6 Å². The van der Waals surface area contributed by atoms with Crippen LogP contribution in [0.5, 0.6) is 0 Å². The van der Waals surface area contributed by atoms with E-state index in [4.69, 9.17) is 0 Å². The molecule has 2 N–H and O–H groups in total. The van der Waals surface area contributed by atoms with E-state index in [0.29, 0.717) is 16.6 Å². The minimum atomic E-state index is -0.425. The predicted octanol–water partition coefficient (Wildman–Crippen LogP) is 4.02. The summed E-state index contributed by atoms with van der Waals surface area (Å²) in [6.45, 7) is 1.31. The Balaban J connectivity index is 0.000000471. The molecule has 1 aromatic carbocycles. The maximum absolute atomic E-state index is 14.0. The topological polar surface area (TPSA) is 63.4 Å². The molecule has 0 radical (unpaired) electrons. The van der Waals surface area contributed by atoms with E-state index in [1.807, 2.05) is 4.90 Å². The van der Waals surface area contributed by atoms with Crippen LogP contribution in [0.4, 0.5) is 4.39 Å². The van der Waals surface area contributed by atoms with Gasteiger partial charge in [0.05, 0.1) is 5.56 Å². The minimum Gasteiger partial charge on any atom is -0.370 e. The second-order valence-electron chi connectivity index (χ2n) is 6.47. The van der Waals surface area contributed by atoms with Crippen molar-refractivity contribution in [1.82, 2.24) is 4.90 Å². The normalized spacial score (nSPS) is 17.6. The minimum absolute atomic E-state index is 0.121. The van der Waals surface area contributed by atoms with Gasteiger partial charge >= 0.3 is 0 Å². The number of hydrogen-bond donors (Lipinski definition) is 1. The first-order valence-corrected chi connectivity index (χ1v) is 9.23. The second kappa shape index (κ2) is 8.60. The molecule has 0 bridgehead atoms. The van der Waals surface area contributed by atoms with Crippen molar-refractivity contribution in [3.8, 4) is 0 Å². The number of amides is 2. The van der Waals surface area contributed by atoms with Gasteiger partial charge in [-0.2, -0.15) is 0 Å². The largest absolute Gasteiger partial charge is 0.370 e. The van der Waals surface area contributed by atoms with Gasteiger partial charge in [-0.15, -0.1) is 0 Å². The van der Waals surface area contributed by atoms with Crippen LogP contribution in [0.25, 0.3) is 0 Å². The molecule has 0 spiro atoms. The van der Waals surface area contributed by atoms with Gasteiger partial charge in [0, 0.05) is 23.5 Å². The summed E-state index contributed by atoms with van der Waals surface area (Å²) in [4.78, 5) is 23.9. The van der Waals surface area contributed by atoms with E-state index in [2.05, 4.69) is 21.7 Å². The van der Waals surface area contributed by atoms with E-state index in [9.17, 15) is 14.0 Å². The van der Waals surface area contributed by atoms with Crippen molar-refractivity contribution < 1.29 is 14.0 Å². The molecule has 2 aliphatic rings. The maximum atomic E-state index is 14.0. The number of carbonyl (C=O) groups is 2. The van der Waals surface area contributed by atoms with Crippen LogP contribution in [-0.2, 0) is 4.79 Å². The van der Waals surface area contributed by atoms with Gasteiger partial charge in [-0.05, 0) is 43.9 Å². The Morgan fingerprint density at radius 2 is 1.67 bits per heavy atom. The highest BCUT2D eigenvalue weighted by Crippen LogP contribution is 2.35. The summed E-state index contributed by atoms with van der Waals surface area (Å²) in [5.74, 6) is -0.879. The Hall–Kier alpha value is -1.43. The fraction of sp³-hybridized carbons (Fsp3) is 0.556. The summed E-state index contributed by atoms with van der Waals surface area (Å²) in [6.07, 6.45) is 7.91. The molecule has 0 unspecified atom stereocenters. The van der Waals surface area contributed by atoms with E-state index in [-0.39, 0.29) is 17.4 Å². The van der Waals surface area contributed by atoms with Crippen LogP contribution in [-0.4, -0.2) is 28.8 Å². The van der Waals surface area contributed by atoms with Gasteiger partial charge in [0.25, 0.3) is 5.91 Å². The lowest BCUT2D eigenvalue weighted by molar-refractivity contribution is -0.115. The van der Waals surface area contributed by atoms with Crippen LogP contribution in [0.15, 0.2) is 22.7 Å². The molecule has 0 atom stereocenters. The third-order valence-electron chi connectivity index (χ3n) is 4.30. The number of rotatable bonds is 3. The number of primary amides is 1. The van der Waals surface area contributed by atoms with Crippen LogP contribution >= 0.6 is 15.9 Å². The predicted molar refractivity (Wildman–Crippen MR) is 95.0 cm³/mol. The standard InChI is InChI=1S/C16H19BrFNO.C2H5NO/c17-11-6-9-14(15(18)10-11)16(20)19(13-7-8-13)12-4-2-1-3-5-12;1-2(3)4/h6,9-10,12-13H,1-5,7-8H2;1H3,(H2,3,4). The Morgan fingerprint density at radius 3 is 2.17 bits per heavy atom. The molecule has 0 aromatic heterocycles. The number of nitrogens with zero attached hydrogens (tertiary/aromatic N) is 1. The Morgan fingerprint density at radius 1 is 1.12 bits per heavy atom. The maximum Gasteiger partial charge on any atom is 0.257 e. The van der Waals surface area contributed by atoms with Crippen molar-refractivity contribution in [3.63, 3.8) is 0 Å². The number of carbonyl (C=O) groups excluding carboxylic acids is 2. The third kappa shape index (κ3) is 5.30. The lowest BCUT2D eigenvalue weighted by Crippen LogP contribution is -2.43. The van der Waals surface area contributed by atoms with Crippen LogP contribution < -0.4 is 5.73 Å². The molecule has 0 heterocycles. The Bertz CT molecular complexity index is 595. The van der Waals surface area contributed by atoms with Crippen LogP contribution in [0.3, 0.4) is 0 Å². The Labute approximate surface area is 150 Å². The SMILES string of the molecule is CC(N)=O.O=C(c1ccc(Br)cc1F)N(C1CCCCC1)C1CC1. The molecule has 2 aliphatic carbocycles. The van der Waals surface area contributed by atoms with Gasteiger partial charge in [0.1, 0.15) is 5.82 Å². The van der Waals surface area contributed by atoms with E-state index in [0.717, 1.165) is 25.7 Å². The van der Waals surface area contributed by atoms with E-state index in [1.165, 1.54) is 32.3 Å². The lowest BCUT2D eigenvalue weighted by atomic mass is 9.93. The molecule has 132 valence electrons. The lowest BCUT2D eigenvalue weighted by Gasteiger charge is -2.34. The molecular weight excluding hydrogens is 375 g/mol. The van der Waals surface area contributed by atoms with Gasteiger partial charge in [0.2, 0.25) is 5.91 Å². The molecule has 3 rings (SSSR count). The fourth-order valence-electron chi connectivity index (χ4n) is 3.14. The van der Waals surface area contributed by atoms with Crippen LogP contribution in [0.1, 0.15) is 62.2 Å². The number of benzene rings is 1. The van der Waals surface area contributed by atoms with E-state index in [1.54, 1.807) is 12.1 Å². The second-order valence-corrected chi connectivity index (χ2v) is 7.39. The number of nitrogens with two attached hydrogens (primary N) is 1. The van der Waals surface area contributed by atoms with Crippen LogP contribution in [0, 0.1) is 5.82 Å². The first-order valence-electron chi connectivity index (χ1n) is 8.44.